The third kappa shape index (κ3) is 4.47. The van der Waals surface area contributed by atoms with Gasteiger partial charge in [0, 0.05) is 24.2 Å². The molecule has 1 aromatic rings. The maximum absolute atomic E-state index is 12.1. The van der Waals surface area contributed by atoms with Crippen LogP contribution in [0.15, 0.2) is 15.8 Å². The Bertz CT molecular complexity index is 624. The van der Waals surface area contributed by atoms with Gasteiger partial charge in [0.05, 0.1) is 12.7 Å². The second-order valence-corrected chi connectivity index (χ2v) is 6.13. The highest BCUT2D eigenvalue weighted by atomic mass is 35.5. The Morgan fingerprint density at radius 3 is 2.50 bits per heavy atom. The van der Waals surface area contributed by atoms with E-state index in [-0.39, 0.29) is 36.7 Å². The lowest BCUT2D eigenvalue weighted by molar-refractivity contribution is -0.0389. The van der Waals surface area contributed by atoms with E-state index in [2.05, 4.69) is 23.7 Å². The molecule has 1 fully saturated rings. The summed E-state index contributed by atoms with van der Waals surface area (Å²) in [4.78, 5) is 28.2. The first kappa shape index (κ1) is 20.9. The molecule has 8 heteroatoms. The van der Waals surface area contributed by atoms with Gasteiger partial charge in [0.1, 0.15) is 6.23 Å². The van der Waals surface area contributed by atoms with Crippen molar-refractivity contribution < 1.29 is 9.84 Å². The Morgan fingerprint density at radius 1 is 1.33 bits per heavy atom. The number of aryl methyl sites for hydroxylation is 1. The first-order chi connectivity index (χ1) is 11.0. The van der Waals surface area contributed by atoms with Crippen molar-refractivity contribution in [2.75, 3.05) is 19.7 Å². The second-order valence-electron chi connectivity index (χ2n) is 6.13. The molecule has 1 aromatic heterocycles. The van der Waals surface area contributed by atoms with Crippen LogP contribution in [-0.2, 0) is 4.74 Å². The van der Waals surface area contributed by atoms with Gasteiger partial charge in [0.25, 0.3) is 5.56 Å². The molecule has 0 saturated carbocycles. The molecule has 1 saturated heterocycles. The van der Waals surface area contributed by atoms with Crippen LogP contribution < -0.4 is 11.2 Å². The van der Waals surface area contributed by atoms with E-state index in [0.717, 1.165) is 25.9 Å². The van der Waals surface area contributed by atoms with Gasteiger partial charge in [-0.15, -0.1) is 12.4 Å². The monoisotopic (exact) mass is 361 g/mol. The van der Waals surface area contributed by atoms with Gasteiger partial charge >= 0.3 is 5.69 Å². The van der Waals surface area contributed by atoms with Crippen molar-refractivity contribution in [1.29, 1.82) is 0 Å². The molecule has 3 atom stereocenters. The van der Waals surface area contributed by atoms with Crippen molar-refractivity contribution in [2.24, 2.45) is 0 Å². The number of hydrogen-bond acceptors (Lipinski definition) is 5. The lowest BCUT2D eigenvalue weighted by atomic mass is 10.1. The molecule has 0 aliphatic carbocycles. The third-order valence-electron chi connectivity index (χ3n) is 4.33. The molecular formula is C16H28ClN3O4. The highest BCUT2D eigenvalue weighted by molar-refractivity contribution is 5.85. The lowest BCUT2D eigenvalue weighted by Crippen LogP contribution is -2.43. The molecule has 2 rings (SSSR count). The summed E-state index contributed by atoms with van der Waals surface area (Å²) in [5, 5.41) is 9.66. The molecule has 1 aliphatic rings. The molecule has 2 heterocycles. The Morgan fingerprint density at radius 2 is 1.96 bits per heavy atom. The summed E-state index contributed by atoms with van der Waals surface area (Å²) in [5.74, 6) is 0. The highest BCUT2D eigenvalue weighted by Gasteiger charge is 2.39. The van der Waals surface area contributed by atoms with Crippen molar-refractivity contribution in [3.63, 3.8) is 0 Å². The number of nitrogens with one attached hydrogen (secondary N) is 1. The number of aromatic amines is 1. The molecule has 7 nitrogen and oxygen atoms in total. The fourth-order valence-electron chi connectivity index (χ4n) is 3.25. The standard InChI is InChI=1S/C16H27N3O4.ClH/c1-4-6-18(7-5-2)12-8-14(23-13(12)10-20)19-9-11(3)15(21)17-16(19)22;/h9,12-14,20H,4-8,10H2,1-3H3,(H,17,21,22);1H. The van der Waals surface area contributed by atoms with Crippen LogP contribution in [0.25, 0.3) is 0 Å². The van der Waals surface area contributed by atoms with E-state index < -0.39 is 11.9 Å². The summed E-state index contributed by atoms with van der Waals surface area (Å²) in [6.07, 6.45) is 3.42. The van der Waals surface area contributed by atoms with Crippen LogP contribution in [0.3, 0.4) is 0 Å². The molecule has 2 N–H and O–H groups in total. The number of hydrogen-bond donors (Lipinski definition) is 2. The topological polar surface area (TPSA) is 87.6 Å². The number of halogens is 1. The summed E-state index contributed by atoms with van der Waals surface area (Å²) >= 11 is 0. The molecule has 24 heavy (non-hydrogen) atoms. The quantitative estimate of drug-likeness (QED) is 0.757. The molecule has 1 aliphatic heterocycles. The Kier molecular flexibility index (Phi) is 8.15. The van der Waals surface area contributed by atoms with Gasteiger partial charge in [-0.3, -0.25) is 19.2 Å². The minimum atomic E-state index is -0.472. The lowest BCUT2D eigenvalue weighted by Gasteiger charge is -2.30. The fraction of sp³-hybridized carbons (Fsp3) is 0.750. The van der Waals surface area contributed by atoms with Crippen LogP contribution in [0, 0.1) is 6.92 Å². The zero-order valence-electron chi connectivity index (χ0n) is 14.5. The maximum atomic E-state index is 12.1. The zero-order valence-corrected chi connectivity index (χ0v) is 15.3. The maximum Gasteiger partial charge on any atom is 0.330 e. The molecule has 0 spiro atoms. The molecule has 0 bridgehead atoms. The van der Waals surface area contributed by atoms with E-state index in [4.69, 9.17) is 4.74 Å². The summed E-state index contributed by atoms with van der Waals surface area (Å²) in [6, 6.07) is 0.0732. The minimum absolute atomic E-state index is 0. The summed E-state index contributed by atoms with van der Waals surface area (Å²) < 4.78 is 7.33. The number of H-pyrrole nitrogens is 1. The number of nitrogens with zero attached hydrogens (tertiary/aromatic N) is 2. The molecule has 3 unspecified atom stereocenters. The number of ether oxygens (including phenoxy) is 1. The van der Waals surface area contributed by atoms with E-state index >= 15 is 0 Å². The number of aliphatic hydroxyl groups is 1. The van der Waals surface area contributed by atoms with Crippen molar-refractivity contribution in [3.8, 4) is 0 Å². The van der Waals surface area contributed by atoms with E-state index in [0.29, 0.717) is 12.0 Å². The van der Waals surface area contributed by atoms with Gasteiger partial charge in [-0.05, 0) is 32.9 Å². The van der Waals surface area contributed by atoms with E-state index in [9.17, 15) is 14.7 Å². The average molecular weight is 362 g/mol. The number of aliphatic hydroxyl groups excluding tert-OH is 1. The van der Waals surface area contributed by atoms with Crippen LogP contribution in [0.1, 0.15) is 44.9 Å². The minimum Gasteiger partial charge on any atom is -0.394 e. The van der Waals surface area contributed by atoms with Crippen molar-refractivity contribution in [1.82, 2.24) is 14.5 Å². The molecular weight excluding hydrogens is 334 g/mol. The van der Waals surface area contributed by atoms with Gasteiger partial charge in [-0.2, -0.15) is 0 Å². The van der Waals surface area contributed by atoms with Gasteiger partial charge in [-0.1, -0.05) is 13.8 Å². The van der Waals surface area contributed by atoms with Crippen LogP contribution >= 0.6 is 12.4 Å². The summed E-state index contributed by atoms with van der Waals surface area (Å²) in [6.45, 7) is 7.70. The first-order valence-electron chi connectivity index (χ1n) is 8.34. The number of rotatable bonds is 7. The Balaban J connectivity index is 0.00000288. The average Bonchev–Trinajstić information content (AvgIpc) is 2.94. The van der Waals surface area contributed by atoms with Crippen LogP contribution in [0.4, 0.5) is 0 Å². The van der Waals surface area contributed by atoms with Crippen molar-refractivity contribution in [2.45, 2.75) is 58.4 Å². The largest absolute Gasteiger partial charge is 0.394 e. The van der Waals surface area contributed by atoms with Gasteiger partial charge in [0.15, 0.2) is 0 Å². The number of aromatic nitrogens is 2. The van der Waals surface area contributed by atoms with Gasteiger partial charge in [-0.25, -0.2) is 4.79 Å². The van der Waals surface area contributed by atoms with Crippen LogP contribution in [-0.4, -0.2) is 51.4 Å². The fourth-order valence-corrected chi connectivity index (χ4v) is 3.25. The van der Waals surface area contributed by atoms with E-state index in [1.165, 1.54) is 10.8 Å². The summed E-state index contributed by atoms with van der Waals surface area (Å²) in [5.41, 5.74) is -0.380. The van der Waals surface area contributed by atoms with Crippen LogP contribution in [0.5, 0.6) is 0 Å². The smallest absolute Gasteiger partial charge is 0.330 e. The third-order valence-corrected chi connectivity index (χ3v) is 4.33. The van der Waals surface area contributed by atoms with Gasteiger partial charge in [0.2, 0.25) is 0 Å². The molecule has 0 amide bonds. The molecule has 0 radical (unpaired) electrons. The predicted molar refractivity (Wildman–Crippen MR) is 94.9 cm³/mol. The highest BCUT2D eigenvalue weighted by Crippen LogP contribution is 2.31. The summed E-state index contributed by atoms with van der Waals surface area (Å²) in [7, 11) is 0. The normalized spacial score (nSPS) is 23.5. The van der Waals surface area contributed by atoms with E-state index in [1.54, 1.807) is 6.92 Å². The van der Waals surface area contributed by atoms with Gasteiger partial charge < -0.3 is 9.84 Å². The second kappa shape index (κ2) is 9.36. The van der Waals surface area contributed by atoms with Crippen molar-refractivity contribution in [3.05, 3.63) is 32.6 Å². The van der Waals surface area contributed by atoms with E-state index in [1.807, 2.05) is 0 Å². The molecule has 138 valence electrons. The molecule has 0 aromatic carbocycles. The first-order valence-corrected chi connectivity index (χ1v) is 8.34. The Hall–Kier alpha value is -1.15. The van der Waals surface area contributed by atoms with Crippen LogP contribution in [0.2, 0.25) is 0 Å². The zero-order chi connectivity index (χ0) is 17.0. The Labute approximate surface area is 148 Å². The SMILES string of the molecule is CCCN(CCC)C1CC(n2cc(C)c(=O)[nH]c2=O)OC1CO.Cl. The predicted octanol–water partition coefficient (Wildman–Crippen LogP) is 1.04. The van der Waals surface area contributed by atoms with Crippen molar-refractivity contribution >= 4 is 12.4 Å².